The Morgan fingerprint density at radius 1 is 1.08 bits per heavy atom. The quantitative estimate of drug-likeness (QED) is 0.491. The van der Waals surface area contributed by atoms with Gasteiger partial charge in [-0.05, 0) is 43.2 Å². The van der Waals surface area contributed by atoms with Crippen LogP contribution < -0.4 is 16.0 Å². The molecule has 0 bridgehead atoms. The van der Waals surface area contributed by atoms with Crippen LogP contribution in [-0.2, 0) is 11.2 Å². The van der Waals surface area contributed by atoms with Crippen LogP contribution in [0.5, 0.6) is 0 Å². The summed E-state index contributed by atoms with van der Waals surface area (Å²) in [5, 5.41) is 8.29. The summed E-state index contributed by atoms with van der Waals surface area (Å²) in [4.78, 5) is 24.5. The Kier molecular flexibility index (Phi) is 8.02. The maximum atomic E-state index is 12.0. The lowest BCUT2D eigenvalue weighted by molar-refractivity contribution is -0.120. The predicted octanol–water partition coefficient (Wildman–Crippen LogP) is 3.59. The van der Waals surface area contributed by atoms with Gasteiger partial charge in [-0.2, -0.15) is 0 Å². The van der Waals surface area contributed by atoms with Crippen LogP contribution in [0.3, 0.4) is 0 Å². The molecular weight excluding hydrogens is 346 g/mol. The van der Waals surface area contributed by atoms with Crippen LogP contribution in [0, 0.1) is 6.92 Å². The predicted molar refractivity (Wildman–Crippen MR) is 108 cm³/mol. The summed E-state index contributed by atoms with van der Waals surface area (Å²) in [6.45, 7) is 2.65. The second-order valence-corrected chi connectivity index (χ2v) is 7.08. The lowest BCUT2D eigenvalue weighted by atomic mass is 10.1. The topological polar surface area (TPSA) is 70.2 Å². The van der Waals surface area contributed by atoms with Gasteiger partial charge in [0.05, 0.1) is 0 Å². The SMILES string of the molecule is CNC(=O)CCc1cccc(NC(=O)NCCSc2ccc(C)cc2)c1. The van der Waals surface area contributed by atoms with E-state index in [2.05, 4.69) is 47.1 Å². The van der Waals surface area contributed by atoms with Crippen molar-refractivity contribution in [2.24, 2.45) is 0 Å². The first-order valence-corrected chi connectivity index (χ1v) is 9.59. The van der Waals surface area contributed by atoms with Gasteiger partial charge in [-0.25, -0.2) is 4.79 Å². The number of hydrogen-bond donors (Lipinski definition) is 3. The molecule has 0 radical (unpaired) electrons. The van der Waals surface area contributed by atoms with Crippen molar-refractivity contribution in [2.75, 3.05) is 24.7 Å². The zero-order valence-electron chi connectivity index (χ0n) is 15.2. The van der Waals surface area contributed by atoms with Gasteiger partial charge in [-0.3, -0.25) is 4.79 Å². The summed E-state index contributed by atoms with van der Waals surface area (Å²) >= 11 is 1.71. The van der Waals surface area contributed by atoms with E-state index >= 15 is 0 Å². The van der Waals surface area contributed by atoms with Gasteiger partial charge in [0.25, 0.3) is 0 Å². The minimum absolute atomic E-state index is 0.00665. The van der Waals surface area contributed by atoms with Gasteiger partial charge in [-0.15, -0.1) is 11.8 Å². The van der Waals surface area contributed by atoms with Crippen LogP contribution in [-0.4, -0.2) is 31.3 Å². The van der Waals surface area contributed by atoms with E-state index in [4.69, 9.17) is 0 Å². The summed E-state index contributed by atoms with van der Waals surface area (Å²) < 4.78 is 0. The first kappa shape index (κ1) is 19.8. The molecule has 0 saturated carbocycles. The number of nitrogens with one attached hydrogen (secondary N) is 3. The fraction of sp³-hybridized carbons (Fsp3) is 0.300. The average Bonchev–Trinajstić information content (AvgIpc) is 2.65. The van der Waals surface area contributed by atoms with Gasteiger partial charge in [0.1, 0.15) is 0 Å². The van der Waals surface area contributed by atoms with E-state index in [0.717, 1.165) is 17.0 Å². The number of urea groups is 1. The van der Waals surface area contributed by atoms with E-state index in [0.29, 0.717) is 19.4 Å². The smallest absolute Gasteiger partial charge is 0.319 e. The molecule has 138 valence electrons. The summed E-state index contributed by atoms with van der Waals surface area (Å²) in [5.74, 6) is 0.815. The second kappa shape index (κ2) is 10.5. The highest BCUT2D eigenvalue weighted by atomic mass is 32.2. The summed E-state index contributed by atoms with van der Waals surface area (Å²) in [6.07, 6.45) is 1.08. The number of carbonyl (C=O) groups excluding carboxylic acids is 2. The normalized spacial score (nSPS) is 10.2. The molecule has 2 rings (SSSR count). The Labute approximate surface area is 159 Å². The van der Waals surface area contributed by atoms with Gasteiger partial charge in [0.15, 0.2) is 0 Å². The maximum absolute atomic E-state index is 12.0. The molecular formula is C20H25N3O2S. The Bertz CT molecular complexity index is 732. The van der Waals surface area contributed by atoms with Crippen molar-refractivity contribution >= 4 is 29.4 Å². The Balaban J connectivity index is 1.71. The average molecular weight is 372 g/mol. The third-order valence-corrected chi connectivity index (χ3v) is 4.80. The number of amides is 3. The lowest BCUT2D eigenvalue weighted by Gasteiger charge is -2.09. The molecule has 6 heteroatoms. The van der Waals surface area contributed by atoms with E-state index in [-0.39, 0.29) is 11.9 Å². The van der Waals surface area contributed by atoms with Crippen LogP contribution in [0.4, 0.5) is 10.5 Å². The third-order valence-electron chi connectivity index (χ3n) is 3.78. The number of benzene rings is 2. The van der Waals surface area contributed by atoms with Gasteiger partial charge >= 0.3 is 6.03 Å². The Morgan fingerprint density at radius 3 is 2.58 bits per heavy atom. The van der Waals surface area contributed by atoms with Gasteiger partial charge in [0.2, 0.25) is 5.91 Å². The largest absolute Gasteiger partial charge is 0.359 e. The third kappa shape index (κ3) is 7.19. The molecule has 26 heavy (non-hydrogen) atoms. The molecule has 0 aliphatic carbocycles. The second-order valence-electron chi connectivity index (χ2n) is 5.92. The molecule has 0 aliphatic heterocycles. The molecule has 0 atom stereocenters. The Hall–Kier alpha value is -2.47. The first-order chi connectivity index (χ1) is 12.6. The molecule has 5 nitrogen and oxygen atoms in total. The van der Waals surface area contributed by atoms with E-state index in [1.165, 1.54) is 10.5 Å². The lowest BCUT2D eigenvalue weighted by Crippen LogP contribution is -2.30. The highest BCUT2D eigenvalue weighted by molar-refractivity contribution is 7.99. The van der Waals surface area contributed by atoms with Crippen LogP contribution in [0.25, 0.3) is 0 Å². The molecule has 3 amide bonds. The van der Waals surface area contributed by atoms with Crippen molar-refractivity contribution in [1.29, 1.82) is 0 Å². The van der Waals surface area contributed by atoms with Gasteiger partial charge in [-0.1, -0.05) is 29.8 Å². The van der Waals surface area contributed by atoms with Gasteiger partial charge < -0.3 is 16.0 Å². The molecule has 2 aromatic carbocycles. The summed E-state index contributed by atoms with van der Waals surface area (Å²) in [7, 11) is 1.63. The van der Waals surface area contributed by atoms with Crippen molar-refractivity contribution in [3.05, 3.63) is 59.7 Å². The van der Waals surface area contributed by atoms with Crippen molar-refractivity contribution in [2.45, 2.75) is 24.7 Å². The molecule has 2 aromatic rings. The monoisotopic (exact) mass is 371 g/mol. The summed E-state index contributed by atoms with van der Waals surface area (Å²) in [6, 6.07) is 15.7. The van der Waals surface area contributed by atoms with Crippen LogP contribution >= 0.6 is 11.8 Å². The van der Waals surface area contributed by atoms with Gasteiger partial charge in [0, 0.05) is 36.3 Å². The maximum Gasteiger partial charge on any atom is 0.319 e. The van der Waals surface area contributed by atoms with Crippen LogP contribution in [0.1, 0.15) is 17.5 Å². The highest BCUT2D eigenvalue weighted by Gasteiger charge is 2.04. The standard InChI is InChI=1S/C20H25N3O2S/c1-15-6-9-18(10-7-15)26-13-12-22-20(25)23-17-5-3-4-16(14-17)8-11-19(24)21-2/h3-7,9-10,14H,8,11-13H2,1-2H3,(H,21,24)(H2,22,23,25). The van der Waals surface area contributed by atoms with Crippen molar-refractivity contribution < 1.29 is 9.59 Å². The molecule has 3 N–H and O–H groups in total. The van der Waals surface area contributed by atoms with Crippen LogP contribution in [0.15, 0.2) is 53.4 Å². The fourth-order valence-electron chi connectivity index (χ4n) is 2.33. The molecule has 0 aromatic heterocycles. The molecule has 0 heterocycles. The molecule has 0 fully saturated rings. The number of hydrogen-bond acceptors (Lipinski definition) is 3. The highest BCUT2D eigenvalue weighted by Crippen LogP contribution is 2.17. The molecule has 0 spiro atoms. The van der Waals surface area contributed by atoms with E-state index < -0.39 is 0 Å². The zero-order valence-corrected chi connectivity index (χ0v) is 16.0. The van der Waals surface area contributed by atoms with Crippen molar-refractivity contribution in [1.82, 2.24) is 10.6 Å². The number of rotatable bonds is 8. The minimum atomic E-state index is -0.224. The molecule has 0 unspecified atom stereocenters. The summed E-state index contributed by atoms with van der Waals surface area (Å²) in [5.41, 5.74) is 2.98. The van der Waals surface area contributed by atoms with Crippen molar-refractivity contribution in [3.8, 4) is 0 Å². The van der Waals surface area contributed by atoms with E-state index in [1.807, 2.05) is 24.3 Å². The number of carbonyl (C=O) groups is 2. The van der Waals surface area contributed by atoms with Crippen molar-refractivity contribution in [3.63, 3.8) is 0 Å². The van der Waals surface area contributed by atoms with E-state index in [1.54, 1.807) is 18.8 Å². The minimum Gasteiger partial charge on any atom is -0.359 e. The zero-order chi connectivity index (χ0) is 18.8. The number of anilines is 1. The fourth-order valence-corrected chi connectivity index (χ4v) is 3.10. The number of aryl methyl sites for hydroxylation is 2. The van der Waals surface area contributed by atoms with E-state index in [9.17, 15) is 9.59 Å². The van der Waals surface area contributed by atoms with Crippen LogP contribution in [0.2, 0.25) is 0 Å². The first-order valence-electron chi connectivity index (χ1n) is 8.60. The Morgan fingerprint density at radius 2 is 1.85 bits per heavy atom. The molecule has 0 aliphatic rings. The number of thioether (sulfide) groups is 1. The molecule has 0 saturated heterocycles.